The van der Waals surface area contributed by atoms with Crippen molar-refractivity contribution in [3.8, 4) is 61.8 Å². The van der Waals surface area contributed by atoms with Crippen LogP contribution in [0.15, 0.2) is 78.9 Å². The largest absolute Gasteiger partial charge is 0.534 e. The first-order valence-electron chi connectivity index (χ1n) is 9.96. The van der Waals surface area contributed by atoms with Crippen molar-refractivity contribution < 1.29 is 36.0 Å². The predicted molar refractivity (Wildman–Crippen MR) is 121 cm³/mol. The van der Waals surface area contributed by atoms with Gasteiger partial charge in [-0.25, -0.2) is 0 Å². The van der Waals surface area contributed by atoms with Gasteiger partial charge in [-0.05, 0) is 87.0 Å². The molecule has 2 N–H and O–H groups in total. The maximum absolute atomic E-state index is 12.9. The average Bonchev–Trinajstić information content (AvgIpc) is 2.77. The van der Waals surface area contributed by atoms with E-state index in [1.165, 1.54) is 30.3 Å². The van der Waals surface area contributed by atoms with Crippen molar-refractivity contribution >= 4 is 10.1 Å². The molecule has 0 unspecified atom stereocenters. The summed E-state index contributed by atoms with van der Waals surface area (Å²) in [7, 11) is -5.85. The second-order valence-corrected chi connectivity index (χ2v) is 9.23. The number of alkyl halides is 3. The van der Waals surface area contributed by atoms with Crippen molar-refractivity contribution in [2.75, 3.05) is 0 Å². The molecule has 0 spiro atoms. The number of benzene rings is 4. The molecular formula is C25H15F3O5S. The van der Waals surface area contributed by atoms with Crippen LogP contribution in [0, 0.1) is 0 Å². The molecule has 9 heteroatoms. The fourth-order valence-electron chi connectivity index (χ4n) is 4.14. The fraction of sp³-hybridized carbons (Fsp3) is 0.0400. The van der Waals surface area contributed by atoms with Crippen molar-refractivity contribution in [2.24, 2.45) is 0 Å². The van der Waals surface area contributed by atoms with E-state index in [1.807, 2.05) is 6.07 Å². The molecule has 4 aromatic carbocycles. The van der Waals surface area contributed by atoms with Gasteiger partial charge in [-0.1, -0.05) is 36.4 Å². The first-order valence-corrected chi connectivity index (χ1v) is 11.4. The molecule has 0 saturated carbocycles. The molecule has 0 bridgehead atoms. The van der Waals surface area contributed by atoms with Gasteiger partial charge in [0.2, 0.25) is 0 Å². The van der Waals surface area contributed by atoms with Gasteiger partial charge in [-0.15, -0.1) is 0 Å². The molecule has 4 aromatic rings. The highest BCUT2D eigenvalue weighted by molar-refractivity contribution is 7.88. The van der Waals surface area contributed by atoms with Gasteiger partial charge in [0.25, 0.3) is 0 Å². The van der Waals surface area contributed by atoms with Gasteiger partial charge in [0.1, 0.15) is 17.2 Å². The van der Waals surface area contributed by atoms with Gasteiger partial charge in [0.15, 0.2) is 0 Å². The lowest BCUT2D eigenvalue weighted by Crippen LogP contribution is -2.28. The minimum absolute atomic E-state index is 0.0142. The molecule has 0 aliphatic heterocycles. The van der Waals surface area contributed by atoms with Gasteiger partial charge in [0.05, 0.1) is 0 Å². The topological polar surface area (TPSA) is 83.8 Å². The lowest BCUT2D eigenvalue weighted by Gasteiger charge is -2.23. The van der Waals surface area contributed by atoms with Crippen LogP contribution in [0.25, 0.3) is 44.5 Å². The molecule has 34 heavy (non-hydrogen) atoms. The number of halogens is 3. The zero-order chi connectivity index (χ0) is 24.3. The highest BCUT2D eigenvalue weighted by Gasteiger charge is 2.48. The number of phenolic OH excluding ortho intramolecular Hbond substituents is 2. The van der Waals surface area contributed by atoms with E-state index in [0.29, 0.717) is 44.5 Å². The molecule has 1 aliphatic rings. The van der Waals surface area contributed by atoms with Crippen LogP contribution in [0.3, 0.4) is 0 Å². The van der Waals surface area contributed by atoms with E-state index < -0.39 is 21.4 Å². The Hall–Kier alpha value is -3.98. The minimum Gasteiger partial charge on any atom is -0.508 e. The Labute approximate surface area is 192 Å². The number of hydrogen-bond donors (Lipinski definition) is 2. The smallest absolute Gasteiger partial charge is 0.508 e. The van der Waals surface area contributed by atoms with Crippen LogP contribution in [-0.4, -0.2) is 24.1 Å². The zero-order valence-corrected chi connectivity index (χ0v) is 18.0. The Kier molecular flexibility index (Phi) is 4.84. The summed E-state index contributed by atoms with van der Waals surface area (Å²) in [6.07, 6.45) is 0. The molecule has 0 fully saturated rings. The lowest BCUT2D eigenvalue weighted by atomic mass is 9.81. The average molecular weight is 484 g/mol. The summed E-state index contributed by atoms with van der Waals surface area (Å²) >= 11 is 0. The van der Waals surface area contributed by atoms with Crippen molar-refractivity contribution in [3.05, 3.63) is 78.9 Å². The van der Waals surface area contributed by atoms with Crippen LogP contribution in [0.4, 0.5) is 13.2 Å². The number of rotatable bonds is 2. The van der Waals surface area contributed by atoms with E-state index in [1.54, 1.807) is 36.4 Å². The van der Waals surface area contributed by atoms with E-state index >= 15 is 0 Å². The van der Waals surface area contributed by atoms with Gasteiger partial charge in [-0.2, -0.15) is 21.6 Å². The maximum Gasteiger partial charge on any atom is 0.534 e. The summed E-state index contributed by atoms with van der Waals surface area (Å²) in [6, 6.07) is 20.4. The van der Waals surface area contributed by atoms with Crippen molar-refractivity contribution in [2.45, 2.75) is 5.51 Å². The number of fused-ring (bicyclic) bond motifs is 8. The summed E-state index contributed by atoms with van der Waals surface area (Å²) in [5, 5.41) is 20.4. The van der Waals surface area contributed by atoms with Gasteiger partial charge in [0, 0.05) is 0 Å². The van der Waals surface area contributed by atoms with E-state index in [9.17, 15) is 31.8 Å². The highest BCUT2D eigenvalue weighted by Crippen LogP contribution is 2.49. The van der Waals surface area contributed by atoms with Crippen LogP contribution >= 0.6 is 0 Å². The third kappa shape index (κ3) is 3.54. The van der Waals surface area contributed by atoms with Crippen LogP contribution < -0.4 is 4.18 Å². The van der Waals surface area contributed by atoms with Crippen LogP contribution in [0.2, 0.25) is 0 Å². The molecule has 0 aromatic heterocycles. The van der Waals surface area contributed by atoms with E-state index in [-0.39, 0.29) is 11.5 Å². The van der Waals surface area contributed by atoms with E-state index in [0.717, 1.165) is 6.07 Å². The second-order valence-electron chi connectivity index (χ2n) is 7.70. The monoisotopic (exact) mass is 484 g/mol. The predicted octanol–water partition coefficient (Wildman–Crippen LogP) is 6.31. The third-order valence-electron chi connectivity index (χ3n) is 5.57. The summed E-state index contributed by atoms with van der Waals surface area (Å²) in [5.74, 6) is -0.482. The second kappa shape index (κ2) is 7.53. The van der Waals surface area contributed by atoms with Crippen molar-refractivity contribution in [1.82, 2.24) is 0 Å². The summed E-state index contributed by atoms with van der Waals surface area (Å²) in [5.41, 5.74) is -0.673. The zero-order valence-electron chi connectivity index (χ0n) is 17.2. The van der Waals surface area contributed by atoms with Crippen molar-refractivity contribution in [1.29, 1.82) is 0 Å². The Morgan fingerprint density at radius 2 is 1.00 bits per heavy atom. The molecule has 0 amide bonds. The number of aromatic hydroxyl groups is 2. The fourth-order valence-corrected chi connectivity index (χ4v) is 4.59. The lowest BCUT2D eigenvalue weighted by molar-refractivity contribution is -0.0500. The Morgan fingerprint density at radius 1 is 0.588 bits per heavy atom. The quantitative estimate of drug-likeness (QED) is 0.227. The first-order chi connectivity index (χ1) is 16.0. The van der Waals surface area contributed by atoms with Crippen molar-refractivity contribution in [3.63, 3.8) is 0 Å². The molecule has 0 saturated heterocycles. The molecule has 5 nitrogen and oxygen atoms in total. The SMILES string of the molecule is O=S(=O)(Oc1ccc2c(c1)-c1ccccc1-c1ccc(O)cc1-c1cc(O)ccc1-2)C(F)(F)F. The number of phenols is 2. The van der Waals surface area contributed by atoms with Gasteiger partial charge >= 0.3 is 15.6 Å². The van der Waals surface area contributed by atoms with Gasteiger partial charge in [-0.3, -0.25) is 0 Å². The Balaban J connectivity index is 1.83. The van der Waals surface area contributed by atoms with E-state index in [2.05, 4.69) is 4.18 Å². The molecule has 172 valence electrons. The normalized spacial score (nSPS) is 12.4. The molecule has 0 atom stereocenters. The third-order valence-corrected chi connectivity index (χ3v) is 6.55. The molecule has 1 aliphatic carbocycles. The summed E-state index contributed by atoms with van der Waals surface area (Å²) in [6.45, 7) is 0. The highest BCUT2D eigenvalue weighted by atomic mass is 32.2. The molecule has 0 radical (unpaired) electrons. The van der Waals surface area contributed by atoms with Crippen LogP contribution in [0.1, 0.15) is 0 Å². The summed E-state index contributed by atoms with van der Waals surface area (Å²) in [4.78, 5) is 0. The standard InChI is InChI=1S/C25H15F3O5S/c26-25(27,28)34(31,32)33-16-7-10-21-20-9-6-15(30)12-23(20)22-11-14(29)5-8-19(22)17-3-1-2-4-18(17)24(21)13-16/h1-13,29-30H. The van der Waals surface area contributed by atoms with Gasteiger partial charge < -0.3 is 14.4 Å². The first kappa shape index (κ1) is 21.8. The maximum atomic E-state index is 12.9. The molecule has 0 heterocycles. The Morgan fingerprint density at radius 3 is 1.50 bits per heavy atom. The number of hydrogen-bond acceptors (Lipinski definition) is 5. The molecular weight excluding hydrogens is 469 g/mol. The Bertz CT molecular complexity index is 1560. The summed E-state index contributed by atoms with van der Waals surface area (Å²) < 4.78 is 66.2. The van der Waals surface area contributed by atoms with Crippen LogP contribution in [-0.2, 0) is 10.1 Å². The van der Waals surface area contributed by atoms with Crippen LogP contribution in [0.5, 0.6) is 17.2 Å². The molecule has 5 rings (SSSR count). The minimum atomic E-state index is -5.85. The van der Waals surface area contributed by atoms with E-state index in [4.69, 9.17) is 0 Å².